The maximum Gasteiger partial charge on any atom is 0.179 e. The van der Waals surface area contributed by atoms with Crippen molar-refractivity contribution in [3.8, 4) is 23.0 Å². The second-order valence-corrected chi connectivity index (χ2v) is 5.79. The highest BCUT2D eigenvalue weighted by Gasteiger charge is 2.11. The van der Waals surface area contributed by atoms with E-state index in [0.29, 0.717) is 34.6 Å². The Labute approximate surface area is 158 Å². The van der Waals surface area contributed by atoms with E-state index in [1.165, 1.54) is 7.11 Å². The molecule has 0 amide bonds. The number of nitrogens with zero attached hydrogens (tertiary/aromatic N) is 1. The van der Waals surface area contributed by atoms with Crippen molar-refractivity contribution in [2.24, 2.45) is 5.16 Å². The van der Waals surface area contributed by atoms with Gasteiger partial charge in [0, 0.05) is 5.56 Å². The lowest BCUT2D eigenvalue weighted by atomic mass is 10.1. The zero-order valence-corrected chi connectivity index (χ0v) is 16.2. The molecular weight excluding hydrogens is 358 g/mol. The summed E-state index contributed by atoms with van der Waals surface area (Å²) in [5.74, 6) is 2.33. The van der Waals surface area contributed by atoms with Gasteiger partial charge in [-0.15, -0.1) is 0 Å². The van der Waals surface area contributed by atoms with E-state index >= 15 is 0 Å². The van der Waals surface area contributed by atoms with Crippen LogP contribution in [0.4, 0.5) is 0 Å². The van der Waals surface area contributed by atoms with Crippen molar-refractivity contribution in [1.82, 2.24) is 0 Å². The average Bonchev–Trinajstić information content (AvgIpc) is 2.65. The molecule has 26 heavy (non-hydrogen) atoms. The maximum absolute atomic E-state index is 6.17. The van der Waals surface area contributed by atoms with Gasteiger partial charge in [-0.1, -0.05) is 16.8 Å². The first-order chi connectivity index (χ1) is 12.5. The van der Waals surface area contributed by atoms with Crippen LogP contribution in [0.1, 0.15) is 16.7 Å². The van der Waals surface area contributed by atoms with Crippen molar-refractivity contribution in [3.63, 3.8) is 0 Å². The number of hydrogen-bond acceptors (Lipinski definition) is 6. The molecule has 0 heterocycles. The van der Waals surface area contributed by atoms with Crippen molar-refractivity contribution in [1.29, 1.82) is 0 Å². The number of oxime groups is 1. The van der Waals surface area contributed by atoms with Crippen molar-refractivity contribution < 1.29 is 23.8 Å². The van der Waals surface area contributed by atoms with Gasteiger partial charge in [-0.25, -0.2) is 0 Å². The van der Waals surface area contributed by atoms with Crippen LogP contribution in [0.2, 0.25) is 5.02 Å². The Hall–Kier alpha value is -2.60. The summed E-state index contributed by atoms with van der Waals surface area (Å²) in [5, 5.41) is 4.43. The Morgan fingerprint density at radius 2 is 1.54 bits per heavy atom. The van der Waals surface area contributed by atoms with Gasteiger partial charge in [0.15, 0.2) is 23.0 Å². The number of methoxy groups -OCH3 is 4. The number of aryl methyl sites for hydroxylation is 1. The second kappa shape index (κ2) is 9.20. The van der Waals surface area contributed by atoms with Crippen LogP contribution < -0.4 is 18.9 Å². The normalized spacial score (nSPS) is 10.7. The molecular formula is C19H22ClNO5. The van der Waals surface area contributed by atoms with Gasteiger partial charge in [0.2, 0.25) is 0 Å². The molecule has 6 nitrogen and oxygen atoms in total. The van der Waals surface area contributed by atoms with Crippen LogP contribution in [0.25, 0.3) is 0 Å². The van der Waals surface area contributed by atoms with Crippen molar-refractivity contribution in [2.75, 3.05) is 28.4 Å². The molecule has 0 N–H and O–H groups in total. The molecule has 2 aromatic carbocycles. The summed E-state index contributed by atoms with van der Waals surface area (Å²) in [6.45, 7) is 2.27. The van der Waals surface area contributed by atoms with Gasteiger partial charge in [0.25, 0.3) is 0 Å². The lowest BCUT2D eigenvalue weighted by Gasteiger charge is -2.12. The Balaban J connectivity index is 2.09. The topological polar surface area (TPSA) is 58.5 Å². The van der Waals surface area contributed by atoms with E-state index in [0.717, 1.165) is 16.7 Å². The fourth-order valence-electron chi connectivity index (χ4n) is 2.40. The van der Waals surface area contributed by atoms with Crippen LogP contribution in [0.5, 0.6) is 23.0 Å². The minimum absolute atomic E-state index is 0.295. The van der Waals surface area contributed by atoms with Gasteiger partial charge >= 0.3 is 0 Å². The first-order valence-corrected chi connectivity index (χ1v) is 8.20. The first-order valence-electron chi connectivity index (χ1n) is 7.82. The molecule has 0 fully saturated rings. The summed E-state index contributed by atoms with van der Waals surface area (Å²) in [4.78, 5) is 5.41. The number of ether oxygens (including phenoxy) is 4. The first kappa shape index (κ1) is 19.7. The third kappa shape index (κ3) is 4.52. The van der Waals surface area contributed by atoms with Crippen LogP contribution in [0.3, 0.4) is 0 Å². The van der Waals surface area contributed by atoms with Crippen LogP contribution in [-0.4, -0.2) is 34.7 Å². The van der Waals surface area contributed by atoms with Crippen molar-refractivity contribution in [3.05, 3.63) is 46.0 Å². The summed E-state index contributed by atoms with van der Waals surface area (Å²) in [6.07, 6.45) is 1.56. The molecule has 0 aliphatic carbocycles. The summed E-state index contributed by atoms with van der Waals surface area (Å²) < 4.78 is 21.0. The monoisotopic (exact) mass is 379 g/mol. The molecule has 7 heteroatoms. The third-order valence-electron chi connectivity index (χ3n) is 3.79. The standard InChI is InChI=1S/C19H22ClNO5/c1-12-6-16(22-2)17(23-3)9-14(12)11-26-21-10-13-7-15(20)19(25-5)18(8-13)24-4/h6-10H,11H2,1-5H3/b21-10-. The van der Waals surface area contributed by atoms with Crippen molar-refractivity contribution >= 4 is 17.8 Å². The van der Waals surface area contributed by atoms with Gasteiger partial charge in [-0.05, 0) is 42.3 Å². The summed E-state index contributed by atoms with van der Waals surface area (Å²) >= 11 is 6.17. The molecule has 140 valence electrons. The molecule has 0 aliphatic heterocycles. The SMILES string of the molecule is COc1cc(C)c(CO/N=C\c2cc(Cl)c(OC)c(OC)c2)cc1OC. The highest BCUT2D eigenvalue weighted by atomic mass is 35.5. The summed E-state index contributed by atoms with van der Waals surface area (Å²) in [6, 6.07) is 7.25. The molecule has 0 spiro atoms. The molecule has 2 rings (SSSR count). The number of halogens is 1. The molecule has 2 aromatic rings. The third-order valence-corrected chi connectivity index (χ3v) is 4.08. The quantitative estimate of drug-likeness (QED) is 0.507. The smallest absolute Gasteiger partial charge is 0.179 e. The number of benzene rings is 2. The molecule has 0 aromatic heterocycles. The van der Waals surface area contributed by atoms with Gasteiger partial charge in [-0.2, -0.15) is 0 Å². The minimum atomic E-state index is 0.295. The van der Waals surface area contributed by atoms with E-state index in [2.05, 4.69) is 5.16 Å². The van der Waals surface area contributed by atoms with Crippen LogP contribution >= 0.6 is 11.6 Å². The number of rotatable bonds is 8. The highest BCUT2D eigenvalue weighted by Crippen LogP contribution is 2.35. The van der Waals surface area contributed by atoms with Gasteiger partial charge in [-0.3, -0.25) is 0 Å². The van der Waals surface area contributed by atoms with Gasteiger partial charge in [0.05, 0.1) is 39.7 Å². The maximum atomic E-state index is 6.17. The Morgan fingerprint density at radius 1 is 0.885 bits per heavy atom. The van der Waals surface area contributed by atoms with E-state index in [1.54, 1.807) is 39.7 Å². The van der Waals surface area contributed by atoms with E-state index in [-0.39, 0.29) is 0 Å². The Bertz CT molecular complexity index is 792. The Morgan fingerprint density at radius 3 is 2.15 bits per heavy atom. The molecule has 0 aliphatic rings. The van der Waals surface area contributed by atoms with E-state index in [1.807, 2.05) is 19.1 Å². The predicted molar refractivity (Wildman–Crippen MR) is 101 cm³/mol. The largest absolute Gasteiger partial charge is 0.493 e. The Kier molecular flexibility index (Phi) is 6.97. The minimum Gasteiger partial charge on any atom is -0.493 e. The zero-order valence-electron chi connectivity index (χ0n) is 15.5. The van der Waals surface area contributed by atoms with E-state index in [9.17, 15) is 0 Å². The second-order valence-electron chi connectivity index (χ2n) is 5.38. The molecule has 0 saturated heterocycles. The van der Waals surface area contributed by atoms with Crippen LogP contribution in [0, 0.1) is 6.92 Å². The fourth-order valence-corrected chi connectivity index (χ4v) is 2.69. The van der Waals surface area contributed by atoms with Crippen LogP contribution in [0.15, 0.2) is 29.4 Å². The predicted octanol–water partition coefficient (Wildman–Crippen LogP) is 4.23. The summed E-state index contributed by atoms with van der Waals surface area (Å²) in [7, 11) is 6.28. The van der Waals surface area contributed by atoms with Crippen LogP contribution in [-0.2, 0) is 11.4 Å². The summed E-state index contributed by atoms with van der Waals surface area (Å²) in [5.41, 5.74) is 2.70. The van der Waals surface area contributed by atoms with Crippen molar-refractivity contribution in [2.45, 2.75) is 13.5 Å². The fraction of sp³-hybridized carbons (Fsp3) is 0.316. The number of hydrogen-bond donors (Lipinski definition) is 0. The van der Waals surface area contributed by atoms with E-state index < -0.39 is 0 Å². The molecule has 0 atom stereocenters. The lowest BCUT2D eigenvalue weighted by Crippen LogP contribution is -1.97. The van der Waals surface area contributed by atoms with Gasteiger partial charge in [0.1, 0.15) is 6.61 Å². The molecule has 0 radical (unpaired) electrons. The highest BCUT2D eigenvalue weighted by molar-refractivity contribution is 6.32. The lowest BCUT2D eigenvalue weighted by molar-refractivity contribution is 0.131. The zero-order chi connectivity index (χ0) is 19.1. The molecule has 0 unspecified atom stereocenters. The van der Waals surface area contributed by atoms with Gasteiger partial charge < -0.3 is 23.8 Å². The molecule has 0 bridgehead atoms. The molecule has 0 saturated carbocycles. The van der Waals surface area contributed by atoms with E-state index in [4.69, 9.17) is 35.4 Å². The average molecular weight is 380 g/mol.